The molecule has 8 amide bonds. The zero-order valence-electron chi connectivity index (χ0n) is 53.5. The van der Waals surface area contributed by atoms with Crippen LogP contribution in [0.4, 0.5) is 0 Å². The molecule has 0 aliphatic rings. The number of aromatic nitrogens is 3. The number of guanidine groups is 3. The Morgan fingerprint density at radius 2 is 0.755 bits per heavy atom. The molecule has 29 nitrogen and oxygen atoms in total. The number of aliphatic imine (C=N–C) groups is 3. The highest BCUT2D eigenvalue weighted by Gasteiger charge is 2.35. The van der Waals surface area contributed by atoms with E-state index in [1.165, 1.54) is 0 Å². The summed E-state index contributed by atoms with van der Waals surface area (Å²) in [6.45, 7) is 2.79. The average molecular weight is 1300 g/mol. The van der Waals surface area contributed by atoms with Gasteiger partial charge in [-0.25, -0.2) is 0 Å². The van der Waals surface area contributed by atoms with Crippen molar-refractivity contribution < 1.29 is 38.4 Å². The van der Waals surface area contributed by atoms with Crippen molar-refractivity contribution in [2.45, 2.75) is 165 Å². The van der Waals surface area contributed by atoms with Crippen molar-refractivity contribution in [1.82, 2.24) is 52.2 Å². The SMILES string of the molecule is CCCCCCCC(=O)NCCCC[C@H](NC(=O)[C@@H](Cc1c[nH]c2ccccc12)NC(=O)[C@@H](CCCN=C(N)N)NC(=O)[C@H](Cc1c[nH]c2ccccc12)NC(=O)[C@H](CCCN=C(N)N)NC(=O)[C@@H](Cc1c[nH]c2ccccc12)NC(=O)[C@H](N)CCCN=C(N)N)C(N)=O. The third-order valence-corrected chi connectivity index (χ3v) is 16.1. The topological polar surface area (TPSA) is 513 Å². The van der Waals surface area contributed by atoms with Gasteiger partial charge in [-0.05, 0) is 99.1 Å². The highest BCUT2D eigenvalue weighted by Crippen LogP contribution is 2.23. The van der Waals surface area contributed by atoms with Crippen LogP contribution in [-0.4, -0.2) is 149 Å². The molecule has 7 atom stereocenters. The summed E-state index contributed by atoms with van der Waals surface area (Å²) in [7, 11) is 0. The molecular weight excluding hydrogens is 1200 g/mol. The van der Waals surface area contributed by atoms with Gasteiger partial charge in [-0.3, -0.25) is 53.3 Å². The van der Waals surface area contributed by atoms with Gasteiger partial charge in [-0.2, -0.15) is 0 Å². The predicted molar refractivity (Wildman–Crippen MR) is 365 cm³/mol. The molecule has 3 aromatic carbocycles. The maximum absolute atomic E-state index is 15.2. The molecule has 0 radical (unpaired) electrons. The van der Waals surface area contributed by atoms with Crippen molar-refractivity contribution in [3.05, 3.63) is 108 Å². The summed E-state index contributed by atoms with van der Waals surface area (Å²) in [5.41, 5.74) is 50.1. The number of H-pyrrole nitrogens is 3. The van der Waals surface area contributed by atoms with E-state index in [4.69, 9.17) is 45.9 Å². The number of unbranched alkanes of at least 4 members (excludes halogenated alkanes) is 5. The van der Waals surface area contributed by atoms with Gasteiger partial charge >= 0.3 is 0 Å². The van der Waals surface area contributed by atoms with E-state index >= 15 is 14.4 Å². The monoisotopic (exact) mass is 1300 g/mol. The summed E-state index contributed by atoms with van der Waals surface area (Å²) in [5, 5.41) is 22.1. The number of amides is 8. The largest absolute Gasteiger partial charge is 0.370 e. The summed E-state index contributed by atoms with van der Waals surface area (Å²) in [6.07, 6.45) is 12.1. The number of rotatable bonds is 42. The lowest BCUT2D eigenvalue weighted by molar-refractivity contribution is -0.135. The number of carbonyl (C=O) groups is 8. The lowest BCUT2D eigenvalue weighted by atomic mass is 10.0. The van der Waals surface area contributed by atoms with Crippen LogP contribution >= 0.6 is 0 Å². The van der Waals surface area contributed by atoms with Gasteiger partial charge in [0.25, 0.3) is 0 Å². The smallest absolute Gasteiger partial charge is 0.243 e. The van der Waals surface area contributed by atoms with E-state index in [0.29, 0.717) is 48.9 Å². The molecule has 0 spiro atoms. The number of primary amides is 1. The minimum Gasteiger partial charge on any atom is -0.370 e. The normalized spacial score (nSPS) is 13.4. The molecule has 29 heteroatoms. The Morgan fingerprint density at radius 1 is 0.404 bits per heavy atom. The van der Waals surface area contributed by atoms with E-state index in [2.05, 4.69) is 74.1 Å². The lowest BCUT2D eigenvalue weighted by Crippen LogP contribution is -2.60. The molecule has 0 saturated carbocycles. The fourth-order valence-electron chi connectivity index (χ4n) is 11.0. The van der Waals surface area contributed by atoms with Crippen molar-refractivity contribution >= 4 is 97.8 Å². The number of nitrogens with two attached hydrogens (primary N) is 8. The third kappa shape index (κ3) is 23.8. The van der Waals surface area contributed by atoms with Crippen LogP contribution < -0.4 is 83.1 Å². The summed E-state index contributed by atoms with van der Waals surface area (Å²) >= 11 is 0. The first-order chi connectivity index (χ1) is 45.2. The highest BCUT2D eigenvalue weighted by molar-refractivity contribution is 5.99. The van der Waals surface area contributed by atoms with E-state index in [9.17, 15) is 24.0 Å². The van der Waals surface area contributed by atoms with Crippen molar-refractivity contribution in [1.29, 1.82) is 0 Å². The molecule has 6 aromatic rings. The number of nitrogens with one attached hydrogen (secondary N) is 10. The van der Waals surface area contributed by atoms with Crippen LogP contribution in [0.2, 0.25) is 0 Å². The van der Waals surface area contributed by atoms with Crippen molar-refractivity contribution in [3.8, 4) is 0 Å². The van der Waals surface area contributed by atoms with Gasteiger partial charge in [0.2, 0.25) is 47.3 Å². The molecular formula is C65H95N21O8. The molecule has 508 valence electrons. The summed E-state index contributed by atoms with van der Waals surface area (Å²) in [5.74, 6) is -6.03. The van der Waals surface area contributed by atoms with Crippen molar-refractivity contribution in [2.24, 2.45) is 60.8 Å². The molecule has 0 unspecified atom stereocenters. The number of benzene rings is 3. The average Bonchev–Trinajstić information content (AvgIpc) is 1.67. The van der Waals surface area contributed by atoms with Crippen LogP contribution in [0, 0.1) is 0 Å². The Balaban J connectivity index is 1.28. The number of aromatic amines is 3. The minimum atomic E-state index is -1.46. The number of fused-ring (bicyclic) bond motifs is 3. The van der Waals surface area contributed by atoms with Crippen LogP contribution in [-0.2, 0) is 57.6 Å². The van der Waals surface area contributed by atoms with Gasteiger partial charge in [0.1, 0.15) is 36.3 Å². The van der Waals surface area contributed by atoms with Crippen LogP contribution in [0.25, 0.3) is 32.7 Å². The van der Waals surface area contributed by atoms with Gasteiger partial charge in [-0.15, -0.1) is 0 Å². The maximum Gasteiger partial charge on any atom is 0.243 e. The number of nitrogens with zero attached hydrogens (tertiary/aromatic N) is 3. The Morgan fingerprint density at radius 3 is 1.16 bits per heavy atom. The zero-order valence-corrected chi connectivity index (χ0v) is 53.5. The molecule has 26 N–H and O–H groups in total. The van der Waals surface area contributed by atoms with Crippen LogP contribution in [0.5, 0.6) is 0 Å². The molecule has 3 aromatic heterocycles. The number of para-hydroxylation sites is 3. The first-order valence-electron chi connectivity index (χ1n) is 32.2. The van der Waals surface area contributed by atoms with Crippen LogP contribution in [0.3, 0.4) is 0 Å². The van der Waals surface area contributed by atoms with Gasteiger partial charge in [0.15, 0.2) is 17.9 Å². The van der Waals surface area contributed by atoms with Gasteiger partial charge in [0, 0.05) is 103 Å². The van der Waals surface area contributed by atoms with Crippen molar-refractivity contribution in [2.75, 3.05) is 26.2 Å². The predicted octanol–water partition coefficient (Wildman–Crippen LogP) is 0.688. The highest BCUT2D eigenvalue weighted by atomic mass is 16.2. The molecule has 0 saturated heterocycles. The minimum absolute atomic E-state index is 0.0358. The van der Waals surface area contributed by atoms with Gasteiger partial charge < -0.3 is 98.0 Å². The number of hydrogen-bond acceptors (Lipinski definition) is 12. The van der Waals surface area contributed by atoms with E-state index in [1.54, 1.807) is 18.6 Å². The van der Waals surface area contributed by atoms with Crippen LogP contribution in [0.15, 0.2) is 106 Å². The zero-order chi connectivity index (χ0) is 67.9. The molecule has 94 heavy (non-hydrogen) atoms. The van der Waals surface area contributed by atoms with Crippen LogP contribution in [0.1, 0.15) is 120 Å². The Kier molecular flexibility index (Phi) is 29.4. The third-order valence-electron chi connectivity index (χ3n) is 16.1. The van der Waals surface area contributed by atoms with E-state index in [1.807, 2.05) is 72.8 Å². The quantitative estimate of drug-likeness (QED) is 0.0142. The second-order valence-electron chi connectivity index (χ2n) is 23.4. The lowest BCUT2D eigenvalue weighted by Gasteiger charge is -2.28. The van der Waals surface area contributed by atoms with Crippen molar-refractivity contribution in [3.63, 3.8) is 0 Å². The second-order valence-corrected chi connectivity index (χ2v) is 23.4. The fourth-order valence-corrected chi connectivity index (χ4v) is 11.0. The molecule has 3 heterocycles. The fraction of sp³-hybridized carbons (Fsp3) is 0.462. The van der Waals surface area contributed by atoms with E-state index in [-0.39, 0.29) is 101 Å². The Labute approximate surface area is 546 Å². The Bertz CT molecular complexity index is 3560. The number of hydrogen-bond donors (Lipinski definition) is 18. The summed E-state index contributed by atoms with van der Waals surface area (Å²) in [6, 6.07) is 12.9. The maximum atomic E-state index is 15.2. The standard InChI is InChI=1S/C65H95N21O8/c1-2-3-4-5-6-28-55(87)74-29-14-13-25-49(56(67)88)81-60(92)53(34-40-37-79-47-23-11-8-19-43(40)47)85-58(90)51(27-17-32-77-65(72)73)83-62(94)54(35-41-38-80-48-24-12-9-20-44(41)48)86-59(91)50(26-16-31-76-64(70)71)82-61(93)52(33-39-36-78-46-22-10-7-18-42(39)46)84-57(89)45(66)21-15-30-75-63(68)69/h7-12,18-20,22-24,36-38,45,49-54,78-80H,2-6,13-17,21,25-35,66H2,1H3,(H2,67,88)(H,74,87)(H,81,92)(H,82,93)(H,83,94)(H,84,89)(H,85,90)(H,86,91)(H4,68,69,75)(H4,70,71,76)(H4,72,73,77)/t45-,49+,50+,51-,52-,53-,54+/m1/s1. The molecule has 0 bridgehead atoms. The summed E-state index contributed by atoms with van der Waals surface area (Å²) < 4.78 is 0. The first-order valence-corrected chi connectivity index (χ1v) is 32.2. The summed E-state index contributed by atoms with van der Waals surface area (Å²) in [4.78, 5) is 136. The van der Waals surface area contributed by atoms with Gasteiger partial charge in [-0.1, -0.05) is 87.2 Å². The molecule has 0 aliphatic carbocycles. The molecule has 0 aliphatic heterocycles. The second kappa shape index (κ2) is 38.0. The molecule has 0 fully saturated rings. The van der Waals surface area contributed by atoms with E-state index in [0.717, 1.165) is 64.8 Å². The number of carbonyl (C=O) groups excluding carboxylic acids is 8. The first kappa shape index (κ1) is 72.9. The van der Waals surface area contributed by atoms with E-state index < -0.39 is 83.6 Å². The van der Waals surface area contributed by atoms with Gasteiger partial charge in [0.05, 0.1) is 6.04 Å². The molecule has 6 rings (SSSR count). The Hall–Kier alpha value is -10.2.